The van der Waals surface area contributed by atoms with Gasteiger partial charge in [0.25, 0.3) is 5.91 Å². The van der Waals surface area contributed by atoms with E-state index in [0.717, 1.165) is 16.9 Å². The molecule has 3 aromatic carbocycles. The second-order valence-electron chi connectivity index (χ2n) is 7.05. The Balaban J connectivity index is 1.55. The Morgan fingerprint density at radius 1 is 0.903 bits per heavy atom. The summed E-state index contributed by atoms with van der Waals surface area (Å²) >= 11 is 5.84. The lowest BCUT2D eigenvalue weighted by molar-refractivity contribution is -0.121. The quantitative estimate of drug-likeness (QED) is 0.475. The van der Waals surface area contributed by atoms with Gasteiger partial charge in [0, 0.05) is 23.6 Å². The lowest BCUT2D eigenvalue weighted by Crippen LogP contribution is -2.30. The normalized spacial score (nSPS) is 11.4. The van der Waals surface area contributed by atoms with Gasteiger partial charge in [0.1, 0.15) is 5.75 Å². The molecule has 3 aromatic rings. The molecule has 2 N–H and O–H groups in total. The van der Waals surface area contributed by atoms with Crippen molar-refractivity contribution in [2.24, 2.45) is 0 Å². The molecule has 0 saturated carbocycles. The number of benzene rings is 3. The van der Waals surface area contributed by atoms with Gasteiger partial charge in [-0.15, -0.1) is 0 Å². The molecule has 0 spiro atoms. The number of carbonyl (C=O) groups excluding carboxylic acids is 2. The summed E-state index contributed by atoms with van der Waals surface area (Å²) in [7, 11) is 1.62. The van der Waals surface area contributed by atoms with Crippen LogP contribution in [0.5, 0.6) is 5.75 Å². The zero-order valence-electron chi connectivity index (χ0n) is 17.3. The maximum Gasteiger partial charge on any atom is 0.251 e. The highest BCUT2D eigenvalue weighted by Gasteiger charge is 2.17. The third-order valence-corrected chi connectivity index (χ3v) is 5.11. The van der Waals surface area contributed by atoms with Crippen LogP contribution in [-0.2, 0) is 4.79 Å². The predicted molar refractivity (Wildman–Crippen MR) is 122 cm³/mol. The van der Waals surface area contributed by atoms with Gasteiger partial charge in [0.05, 0.1) is 13.2 Å². The average molecular weight is 437 g/mol. The number of nitrogens with one attached hydrogen (secondary N) is 2. The summed E-state index contributed by atoms with van der Waals surface area (Å²) in [5.41, 5.74) is 2.51. The monoisotopic (exact) mass is 436 g/mol. The van der Waals surface area contributed by atoms with E-state index >= 15 is 0 Å². The van der Waals surface area contributed by atoms with Gasteiger partial charge in [-0.25, -0.2) is 0 Å². The number of hydrogen-bond acceptors (Lipinski definition) is 3. The van der Waals surface area contributed by atoms with Crippen molar-refractivity contribution in [1.29, 1.82) is 0 Å². The van der Waals surface area contributed by atoms with Gasteiger partial charge >= 0.3 is 0 Å². The minimum Gasteiger partial charge on any atom is -0.497 e. The number of methoxy groups -OCH3 is 1. The second-order valence-corrected chi connectivity index (χ2v) is 7.49. The molecule has 0 aromatic heterocycles. The van der Waals surface area contributed by atoms with Crippen LogP contribution in [0.15, 0.2) is 78.9 Å². The van der Waals surface area contributed by atoms with Crippen molar-refractivity contribution >= 4 is 23.4 Å². The molecule has 5 nitrogen and oxygen atoms in total. The van der Waals surface area contributed by atoms with Gasteiger partial charge in [0.2, 0.25) is 5.91 Å². The molecular formula is C25H25ClN2O3. The zero-order valence-corrected chi connectivity index (χ0v) is 18.1. The minimum atomic E-state index is -0.261. The van der Waals surface area contributed by atoms with Crippen molar-refractivity contribution in [2.45, 2.75) is 18.9 Å². The van der Waals surface area contributed by atoms with Gasteiger partial charge < -0.3 is 15.4 Å². The van der Waals surface area contributed by atoms with Crippen LogP contribution in [0.1, 0.15) is 40.4 Å². The molecule has 1 atom stereocenters. The Morgan fingerprint density at radius 3 is 2.19 bits per heavy atom. The van der Waals surface area contributed by atoms with E-state index in [-0.39, 0.29) is 17.9 Å². The summed E-state index contributed by atoms with van der Waals surface area (Å²) in [5.74, 6) is 0.501. The van der Waals surface area contributed by atoms with E-state index in [2.05, 4.69) is 10.6 Å². The average Bonchev–Trinajstić information content (AvgIpc) is 2.81. The molecule has 0 radical (unpaired) electrons. The largest absolute Gasteiger partial charge is 0.497 e. The Labute approximate surface area is 187 Å². The highest BCUT2D eigenvalue weighted by atomic mass is 35.5. The van der Waals surface area contributed by atoms with Crippen molar-refractivity contribution in [1.82, 2.24) is 10.6 Å². The van der Waals surface area contributed by atoms with Crippen LogP contribution in [0.2, 0.25) is 5.02 Å². The van der Waals surface area contributed by atoms with Crippen LogP contribution >= 0.6 is 11.6 Å². The fourth-order valence-electron chi connectivity index (χ4n) is 3.19. The van der Waals surface area contributed by atoms with E-state index in [1.807, 2.05) is 54.6 Å². The Hall–Kier alpha value is -3.31. The molecule has 0 bridgehead atoms. The molecule has 3 rings (SSSR count). The number of ether oxygens (including phenoxy) is 1. The van der Waals surface area contributed by atoms with Crippen LogP contribution < -0.4 is 15.4 Å². The fraction of sp³-hybridized carbons (Fsp3) is 0.200. The molecule has 0 aliphatic carbocycles. The van der Waals surface area contributed by atoms with Crippen LogP contribution in [0.25, 0.3) is 0 Å². The van der Waals surface area contributed by atoms with Gasteiger partial charge in [-0.05, 0) is 53.9 Å². The van der Waals surface area contributed by atoms with Gasteiger partial charge in [0.15, 0.2) is 0 Å². The first-order valence-corrected chi connectivity index (χ1v) is 10.5. The summed E-state index contributed by atoms with van der Waals surface area (Å²) < 4.78 is 5.23. The van der Waals surface area contributed by atoms with Crippen LogP contribution in [0, 0.1) is 0 Å². The van der Waals surface area contributed by atoms with E-state index in [1.165, 1.54) is 0 Å². The number of carbonyl (C=O) groups is 2. The maximum absolute atomic E-state index is 12.6. The number of hydrogen-bond donors (Lipinski definition) is 2. The van der Waals surface area contributed by atoms with E-state index < -0.39 is 0 Å². The van der Waals surface area contributed by atoms with E-state index in [1.54, 1.807) is 31.4 Å². The molecule has 6 heteroatoms. The van der Waals surface area contributed by atoms with Crippen LogP contribution in [0.3, 0.4) is 0 Å². The van der Waals surface area contributed by atoms with Crippen LogP contribution in [0.4, 0.5) is 0 Å². The summed E-state index contributed by atoms with van der Waals surface area (Å²) in [5, 5.41) is 6.51. The maximum atomic E-state index is 12.6. The van der Waals surface area contributed by atoms with E-state index in [9.17, 15) is 9.59 Å². The molecule has 0 fully saturated rings. The van der Waals surface area contributed by atoms with Crippen molar-refractivity contribution in [3.63, 3.8) is 0 Å². The third-order valence-electron chi connectivity index (χ3n) is 4.86. The first-order valence-electron chi connectivity index (χ1n) is 10.1. The topological polar surface area (TPSA) is 67.4 Å². The molecule has 0 heterocycles. The molecular weight excluding hydrogens is 412 g/mol. The van der Waals surface area contributed by atoms with Gasteiger partial charge in [-0.2, -0.15) is 0 Å². The fourth-order valence-corrected chi connectivity index (χ4v) is 3.31. The number of amides is 2. The Bertz CT molecular complexity index is 990. The molecule has 0 aliphatic heterocycles. The van der Waals surface area contributed by atoms with Crippen LogP contribution in [-0.4, -0.2) is 25.5 Å². The lowest BCUT2D eigenvalue weighted by atomic mass is 9.98. The molecule has 31 heavy (non-hydrogen) atoms. The van der Waals surface area contributed by atoms with Crippen molar-refractivity contribution in [3.8, 4) is 5.75 Å². The number of rotatable bonds is 9. The molecule has 1 unspecified atom stereocenters. The summed E-state index contributed by atoms with van der Waals surface area (Å²) in [6.45, 7) is 0.410. The standard InChI is InChI=1S/C25H25ClN2O3/c1-31-22-15-11-19(12-16-22)24(18-6-3-2-4-7-18)28-23(29)8-5-17-27-25(30)20-9-13-21(26)14-10-20/h2-4,6-7,9-16,24H,5,8,17H2,1H3,(H,27,30)(H,28,29). The third kappa shape index (κ3) is 6.59. The van der Waals surface area contributed by atoms with Crippen molar-refractivity contribution in [3.05, 3.63) is 101 Å². The molecule has 160 valence electrons. The zero-order chi connectivity index (χ0) is 22.1. The van der Waals surface area contributed by atoms with E-state index in [4.69, 9.17) is 16.3 Å². The smallest absolute Gasteiger partial charge is 0.251 e. The second kappa shape index (κ2) is 11.2. The van der Waals surface area contributed by atoms with Gasteiger partial charge in [-0.3, -0.25) is 9.59 Å². The summed E-state index contributed by atoms with van der Waals surface area (Å²) in [6, 6.07) is 23.9. The molecule has 0 saturated heterocycles. The Morgan fingerprint density at radius 2 is 1.55 bits per heavy atom. The first-order chi connectivity index (χ1) is 15.1. The molecule has 2 amide bonds. The summed E-state index contributed by atoms with van der Waals surface area (Å²) in [4.78, 5) is 24.7. The molecule has 0 aliphatic rings. The van der Waals surface area contributed by atoms with Gasteiger partial charge in [-0.1, -0.05) is 54.1 Å². The highest BCUT2D eigenvalue weighted by molar-refractivity contribution is 6.30. The predicted octanol–water partition coefficient (Wildman–Crippen LogP) is 4.76. The SMILES string of the molecule is COc1ccc(C(NC(=O)CCCNC(=O)c2ccc(Cl)cc2)c2ccccc2)cc1. The summed E-state index contributed by atoms with van der Waals surface area (Å²) in [6.07, 6.45) is 0.843. The van der Waals surface area contributed by atoms with Crippen molar-refractivity contribution < 1.29 is 14.3 Å². The highest BCUT2D eigenvalue weighted by Crippen LogP contribution is 2.24. The Kier molecular flexibility index (Phi) is 8.07. The van der Waals surface area contributed by atoms with Crippen molar-refractivity contribution in [2.75, 3.05) is 13.7 Å². The number of halogens is 1. The van der Waals surface area contributed by atoms with E-state index in [0.29, 0.717) is 30.0 Å². The lowest BCUT2D eigenvalue weighted by Gasteiger charge is -2.20. The minimum absolute atomic E-state index is 0.0783. The first kappa shape index (κ1) is 22.4.